The molecule has 0 atom stereocenters. The van der Waals surface area contributed by atoms with Crippen molar-refractivity contribution in [2.24, 2.45) is 0 Å². The number of thiol groups is 1. The predicted octanol–water partition coefficient (Wildman–Crippen LogP) is 6.02. The number of benzene rings is 3. The number of ether oxygens (including phenoxy) is 1. The number of nitrogen functional groups attached to an aromatic ring is 3. The van der Waals surface area contributed by atoms with Crippen LogP contribution in [0.25, 0.3) is 22.0 Å². The lowest BCUT2D eigenvalue weighted by Gasteiger charge is -2.26. The van der Waals surface area contributed by atoms with E-state index in [9.17, 15) is 0 Å². The number of hydrogen-bond donors (Lipinski definition) is 4. The molecule has 3 aromatic carbocycles. The van der Waals surface area contributed by atoms with Crippen molar-refractivity contribution in [3.8, 4) is 11.3 Å². The van der Waals surface area contributed by atoms with Gasteiger partial charge in [0.2, 0.25) is 0 Å². The third-order valence-electron chi connectivity index (χ3n) is 6.62. The maximum absolute atomic E-state index is 5.83. The van der Waals surface area contributed by atoms with E-state index in [4.69, 9.17) is 21.9 Å². The molecule has 1 aliphatic carbocycles. The molecule has 6 N–H and O–H groups in total. The normalized spacial score (nSPS) is 15.1. The average molecular weight is 516 g/mol. The highest BCUT2D eigenvalue weighted by Gasteiger charge is 2.11. The Bertz CT molecular complexity index is 1280. The van der Waals surface area contributed by atoms with E-state index in [1.807, 2.05) is 36.4 Å². The predicted molar refractivity (Wildman–Crippen MR) is 159 cm³/mol. The van der Waals surface area contributed by atoms with E-state index in [0.29, 0.717) is 17.1 Å². The molecule has 0 bridgehead atoms. The molecule has 1 aromatic heterocycles. The first-order chi connectivity index (χ1) is 18.0. The van der Waals surface area contributed by atoms with Crippen LogP contribution in [0, 0.1) is 0 Å². The second-order valence-corrected chi connectivity index (χ2v) is 9.91. The Morgan fingerprint density at radius 2 is 1.51 bits per heavy atom. The summed E-state index contributed by atoms with van der Waals surface area (Å²) in [4.78, 5) is 7.66. The number of anilines is 3. The monoisotopic (exact) mass is 515 g/mol. The van der Waals surface area contributed by atoms with E-state index in [0.717, 1.165) is 59.8 Å². The van der Waals surface area contributed by atoms with Crippen molar-refractivity contribution in [3.63, 3.8) is 0 Å². The SMILES string of the molecule is C1CCC1.Nc1cc(S)c2ccccc2c1N.Nc1ccc(-c2cccc(CN3CCOCC3)c2)nc1. The number of nitrogens with zero attached hydrogens (tertiary/aromatic N) is 2. The zero-order chi connectivity index (χ0) is 26.0. The smallest absolute Gasteiger partial charge is 0.0703 e. The van der Waals surface area contributed by atoms with Crippen LogP contribution in [0.1, 0.15) is 31.2 Å². The highest BCUT2D eigenvalue weighted by molar-refractivity contribution is 7.80. The second-order valence-electron chi connectivity index (χ2n) is 9.42. The molecule has 0 unspecified atom stereocenters. The number of rotatable bonds is 3. The first-order valence-corrected chi connectivity index (χ1v) is 13.3. The standard InChI is InChI=1S/C16H19N3O.C10H10N2S.C4H8/c17-15-4-5-16(18-11-15)14-3-1-2-13(10-14)12-19-6-8-20-9-7-19;11-8-5-9(13)6-3-1-2-4-7(6)10(8)12;1-2-4-3-1/h1-5,10-11H,6-9,12,17H2;1-5,13H,11-12H2;1-4H2. The largest absolute Gasteiger partial charge is 0.397 e. The van der Waals surface area contributed by atoms with E-state index in [-0.39, 0.29) is 0 Å². The van der Waals surface area contributed by atoms with Crippen LogP contribution in [0.5, 0.6) is 0 Å². The molecule has 37 heavy (non-hydrogen) atoms. The van der Waals surface area contributed by atoms with Gasteiger partial charge in [0.1, 0.15) is 0 Å². The van der Waals surface area contributed by atoms with Crippen molar-refractivity contribution >= 4 is 40.5 Å². The molecule has 0 spiro atoms. The summed E-state index contributed by atoms with van der Waals surface area (Å²) in [5.74, 6) is 0. The zero-order valence-corrected chi connectivity index (χ0v) is 22.2. The molecule has 6 nitrogen and oxygen atoms in total. The van der Waals surface area contributed by atoms with Gasteiger partial charge in [-0.15, -0.1) is 12.6 Å². The summed E-state index contributed by atoms with van der Waals surface area (Å²) in [6, 6.07) is 22.0. The van der Waals surface area contributed by atoms with Crippen LogP contribution in [0.4, 0.5) is 17.1 Å². The number of pyridine rings is 1. The Balaban J connectivity index is 0.000000160. The van der Waals surface area contributed by atoms with Gasteiger partial charge in [-0.2, -0.15) is 0 Å². The molecular weight excluding hydrogens is 478 g/mol. The lowest BCUT2D eigenvalue weighted by molar-refractivity contribution is 0.0342. The molecule has 2 aliphatic rings. The van der Waals surface area contributed by atoms with Gasteiger partial charge in [-0.05, 0) is 35.2 Å². The van der Waals surface area contributed by atoms with Crippen molar-refractivity contribution < 1.29 is 4.74 Å². The Labute approximate surface area is 225 Å². The minimum Gasteiger partial charge on any atom is -0.397 e. The third-order valence-corrected chi connectivity index (χ3v) is 6.99. The van der Waals surface area contributed by atoms with E-state index in [2.05, 4.69) is 46.8 Å². The summed E-state index contributed by atoms with van der Waals surface area (Å²) in [5, 5.41) is 2.00. The minimum absolute atomic E-state index is 0.587. The number of hydrogen-bond acceptors (Lipinski definition) is 7. The Morgan fingerprint density at radius 3 is 2.16 bits per heavy atom. The van der Waals surface area contributed by atoms with Crippen LogP contribution < -0.4 is 17.2 Å². The van der Waals surface area contributed by atoms with E-state index >= 15 is 0 Å². The molecule has 194 valence electrons. The summed E-state index contributed by atoms with van der Waals surface area (Å²) >= 11 is 4.33. The number of fused-ring (bicyclic) bond motifs is 1. The van der Waals surface area contributed by atoms with Crippen molar-refractivity contribution in [3.05, 3.63) is 78.5 Å². The molecule has 1 saturated carbocycles. The molecule has 0 amide bonds. The van der Waals surface area contributed by atoms with Gasteiger partial charge >= 0.3 is 0 Å². The van der Waals surface area contributed by atoms with E-state index < -0.39 is 0 Å². The fourth-order valence-corrected chi connectivity index (χ4v) is 4.41. The van der Waals surface area contributed by atoms with Gasteiger partial charge in [0.25, 0.3) is 0 Å². The summed E-state index contributed by atoms with van der Waals surface area (Å²) in [6.07, 6.45) is 7.70. The first kappa shape index (κ1) is 26.8. The molecule has 1 aliphatic heterocycles. The number of aromatic nitrogens is 1. The van der Waals surface area contributed by atoms with Crippen molar-refractivity contribution in [2.45, 2.75) is 37.1 Å². The molecule has 1 saturated heterocycles. The van der Waals surface area contributed by atoms with Crippen LogP contribution in [0.3, 0.4) is 0 Å². The average Bonchev–Trinajstić information content (AvgIpc) is 2.88. The summed E-state index contributed by atoms with van der Waals surface area (Å²) in [6.45, 7) is 4.64. The lowest BCUT2D eigenvalue weighted by atomic mass is 10.0. The maximum Gasteiger partial charge on any atom is 0.0703 e. The zero-order valence-electron chi connectivity index (χ0n) is 21.3. The fraction of sp³-hybridized carbons (Fsp3) is 0.300. The van der Waals surface area contributed by atoms with Crippen LogP contribution >= 0.6 is 12.6 Å². The first-order valence-electron chi connectivity index (χ1n) is 12.9. The van der Waals surface area contributed by atoms with Crippen LogP contribution in [0.15, 0.2) is 77.8 Å². The number of morpholine rings is 1. The molecule has 0 radical (unpaired) electrons. The van der Waals surface area contributed by atoms with E-state index in [1.54, 1.807) is 12.3 Å². The van der Waals surface area contributed by atoms with Gasteiger partial charge in [-0.25, -0.2) is 0 Å². The Kier molecular flexibility index (Phi) is 9.65. The third kappa shape index (κ3) is 7.61. The quantitative estimate of drug-likeness (QED) is 0.197. The Morgan fingerprint density at radius 1 is 0.811 bits per heavy atom. The van der Waals surface area contributed by atoms with Gasteiger partial charge in [0.15, 0.2) is 0 Å². The summed E-state index contributed by atoms with van der Waals surface area (Å²) < 4.78 is 5.38. The summed E-state index contributed by atoms with van der Waals surface area (Å²) in [5.41, 5.74) is 22.5. The molecule has 4 aromatic rings. The Hall–Kier alpha value is -3.26. The number of nitrogens with two attached hydrogens (primary N) is 3. The van der Waals surface area contributed by atoms with Gasteiger partial charge in [0, 0.05) is 35.5 Å². The molecule has 2 heterocycles. The highest BCUT2D eigenvalue weighted by Crippen LogP contribution is 2.31. The van der Waals surface area contributed by atoms with E-state index in [1.165, 1.54) is 31.2 Å². The minimum atomic E-state index is 0.587. The molecule has 6 rings (SSSR count). The van der Waals surface area contributed by atoms with Crippen molar-refractivity contribution in [1.82, 2.24) is 9.88 Å². The summed E-state index contributed by atoms with van der Waals surface area (Å²) in [7, 11) is 0. The van der Waals surface area contributed by atoms with Crippen molar-refractivity contribution in [1.29, 1.82) is 0 Å². The van der Waals surface area contributed by atoms with Gasteiger partial charge in [0.05, 0.1) is 42.2 Å². The second kappa shape index (κ2) is 13.3. The molecule has 7 heteroatoms. The fourth-order valence-electron chi connectivity index (χ4n) is 4.07. The van der Waals surface area contributed by atoms with Crippen LogP contribution in [0.2, 0.25) is 0 Å². The lowest BCUT2D eigenvalue weighted by Crippen LogP contribution is -2.35. The topological polar surface area (TPSA) is 103 Å². The van der Waals surface area contributed by atoms with Crippen LogP contribution in [-0.2, 0) is 11.3 Å². The molecule has 2 fully saturated rings. The van der Waals surface area contributed by atoms with Crippen LogP contribution in [-0.4, -0.2) is 36.2 Å². The maximum atomic E-state index is 5.83. The molecular formula is C30H37N5OS. The highest BCUT2D eigenvalue weighted by atomic mass is 32.1. The van der Waals surface area contributed by atoms with Gasteiger partial charge in [-0.3, -0.25) is 9.88 Å². The van der Waals surface area contributed by atoms with Crippen molar-refractivity contribution in [2.75, 3.05) is 43.5 Å². The van der Waals surface area contributed by atoms with Gasteiger partial charge in [-0.1, -0.05) is 68.1 Å². The van der Waals surface area contributed by atoms with Gasteiger partial charge < -0.3 is 21.9 Å².